The van der Waals surface area contributed by atoms with E-state index in [2.05, 4.69) is 4.98 Å². The Morgan fingerprint density at radius 1 is 1.65 bits per heavy atom. The SMILES string of the molecule is Nc1ccn(C2CCOCC(CO)O2)c(=O)n1. The highest BCUT2D eigenvalue weighted by atomic mass is 16.6. The van der Waals surface area contributed by atoms with Crippen molar-refractivity contribution in [1.29, 1.82) is 0 Å². The molecule has 0 aliphatic carbocycles. The van der Waals surface area contributed by atoms with Crippen molar-refractivity contribution >= 4 is 5.82 Å². The summed E-state index contributed by atoms with van der Waals surface area (Å²) >= 11 is 0. The number of nitrogen functional groups attached to an aromatic ring is 1. The van der Waals surface area contributed by atoms with E-state index in [1.54, 1.807) is 0 Å². The molecule has 1 fully saturated rings. The van der Waals surface area contributed by atoms with Gasteiger partial charge in [-0.05, 0) is 6.07 Å². The van der Waals surface area contributed by atoms with E-state index < -0.39 is 18.0 Å². The van der Waals surface area contributed by atoms with Gasteiger partial charge in [0, 0.05) is 12.6 Å². The number of rotatable bonds is 2. The summed E-state index contributed by atoms with van der Waals surface area (Å²) in [6.45, 7) is 0.649. The average Bonchev–Trinajstić information content (AvgIpc) is 2.54. The van der Waals surface area contributed by atoms with Gasteiger partial charge >= 0.3 is 5.69 Å². The molecule has 3 N–H and O–H groups in total. The van der Waals surface area contributed by atoms with Crippen molar-refractivity contribution in [3.05, 3.63) is 22.7 Å². The van der Waals surface area contributed by atoms with E-state index in [1.165, 1.54) is 16.8 Å². The highest BCUT2D eigenvalue weighted by Gasteiger charge is 2.22. The van der Waals surface area contributed by atoms with Crippen LogP contribution in [0.4, 0.5) is 5.82 Å². The first-order valence-corrected chi connectivity index (χ1v) is 5.39. The lowest BCUT2D eigenvalue weighted by Crippen LogP contribution is -2.32. The number of ether oxygens (including phenoxy) is 2. The van der Waals surface area contributed by atoms with Crippen LogP contribution in [-0.4, -0.2) is 40.6 Å². The van der Waals surface area contributed by atoms with Gasteiger partial charge in [-0.1, -0.05) is 0 Å². The van der Waals surface area contributed by atoms with Crippen molar-refractivity contribution in [3.8, 4) is 0 Å². The first kappa shape index (κ1) is 12.0. The van der Waals surface area contributed by atoms with Crippen molar-refractivity contribution in [2.45, 2.75) is 18.8 Å². The van der Waals surface area contributed by atoms with Crippen LogP contribution >= 0.6 is 0 Å². The second-order valence-corrected chi connectivity index (χ2v) is 3.80. The molecule has 17 heavy (non-hydrogen) atoms. The van der Waals surface area contributed by atoms with Crippen molar-refractivity contribution in [1.82, 2.24) is 9.55 Å². The maximum absolute atomic E-state index is 11.6. The van der Waals surface area contributed by atoms with Crippen LogP contribution < -0.4 is 11.4 Å². The van der Waals surface area contributed by atoms with E-state index in [4.69, 9.17) is 20.3 Å². The van der Waals surface area contributed by atoms with E-state index in [-0.39, 0.29) is 12.4 Å². The minimum atomic E-state index is -0.477. The highest BCUT2D eigenvalue weighted by molar-refractivity contribution is 5.23. The molecule has 0 aromatic carbocycles. The Balaban J connectivity index is 2.22. The molecule has 1 aliphatic heterocycles. The second kappa shape index (κ2) is 5.26. The van der Waals surface area contributed by atoms with Gasteiger partial charge in [-0.25, -0.2) is 4.79 Å². The summed E-state index contributed by atoms with van der Waals surface area (Å²) in [5.41, 5.74) is 4.95. The molecule has 0 amide bonds. The highest BCUT2D eigenvalue weighted by Crippen LogP contribution is 2.17. The monoisotopic (exact) mass is 241 g/mol. The van der Waals surface area contributed by atoms with E-state index >= 15 is 0 Å². The van der Waals surface area contributed by atoms with Gasteiger partial charge in [0.05, 0.1) is 19.8 Å². The summed E-state index contributed by atoms with van der Waals surface area (Å²) < 4.78 is 12.2. The van der Waals surface area contributed by atoms with Crippen LogP contribution in [0.2, 0.25) is 0 Å². The Morgan fingerprint density at radius 2 is 2.47 bits per heavy atom. The molecule has 1 aliphatic rings. The van der Waals surface area contributed by atoms with Crippen LogP contribution in [0, 0.1) is 0 Å². The summed E-state index contributed by atoms with van der Waals surface area (Å²) in [7, 11) is 0. The average molecular weight is 241 g/mol. The molecule has 2 rings (SSSR count). The Kier molecular flexibility index (Phi) is 3.72. The van der Waals surface area contributed by atoms with E-state index in [0.29, 0.717) is 19.6 Å². The van der Waals surface area contributed by atoms with Gasteiger partial charge in [-0.15, -0.1) is 0 Å². The Hall–Kier alpha value is -1.44. The van der Waals surface area contributed by atoms with Gasteiger partial charge in [-0.3, -0.25) is 4.57 Å². The molecular formula is C10H15N3O4. The number of aliphatic hydroxyl groups is 1. The smallest absolute Gasteiger partial charge is 0.351 e. The number of nitrogens with zero attached hydrogens (tertiary/aromatic N) is 2. The molecule has 94 valence electrons. The van der Waals surface area contributed by atoms with E-state index in [1.807, 2.05) is 0 Å². The molecule has 0 saturated carbocycles. The molecule has 2 atom stereocenters. The third kappa shape index (κ3) is 2.82. The number of aliphatic hydroxyl groups excluding tert-OH is 1. The zero-order chi connectivity index (χ0) is 12.3. The fourth-order valence-electron chi connectivity index (χ4n) is 1.67. The molecule has 1 saturated heterocycles. The van der Waals surface area contributed by atoms with Crippen LogP contribution in [0.1, 0.15) is 12.6 Å². The lowest BCUT2D eigenvalue weighted by atomic mass is 10.3. The van der Waals surface area contributed by atoms with Crippen molar-refractivity contribution < 1.29 is 14.6 Å². The maximum Gasteiger partial charge on any atom is 0.351 e. The second-order valence-electron chi connectivity index (χ2n) is 3.80. The minimum absolute atomic E-state index is 0.145. The quantitative estimate of drug-likeness (QED) is 0.697. The van der Waals surface area contributed by atoms with Crippen molar-refractivity contribution in [2.24, 2.45) is 0 Å². The van der Waals surface area contributed by atoms with Crippen molar-refractivity contribution in [3.63, 3.8) is 0 Å². The summed E-state index contributed by atoms with van der Waals surface area (Å²) in [6.07, 6.45) is 1.17. The topological polar surface area (TPSA) is 99.6 Å². The lowest BCUT2D eigenvalue weighted by molar-refractivity contribution is -0.0764. The van der Waals surface area contributed by atoms with Gasteiger partial charge < -0.3 is 20.3 Å². The minimum Gasteiger partial charge on any atom is -0.394 e. The molecule has 7 nitrogen and oxygen atoms in total. The van der Waals surface area contributed by atoms with Crippen molar-refractivity contribution in [2.75, 3.05) is 25.6 Å². The first-order chi connectivity index (χ1) is 8.20. The molecule has 2 unspecified atom stereocenters. The van der Waals surface area contributed by atoms with Crippen LogP contribution in [0.25, 0.3) is 0 Å². The molecule has 7 heteroatoms. The fraction of sp³-hybridized carbons (Fsp3) is 0.600. The summed E-state index contributed by atoms with van der Waals surface area (Å²) in [6, 6.07) is 1.53. The largest absolute Gasteiger partial charge is 0.394 e. The van der Waals surface area contributed by atoms with Crippen LogP contribution in [0.3, 0.4) is 0 Å². The van der Waals surface area contributed by atoms with Crippen LogP contribution in [0.15, 0.2) is 17.1 Å². The normalized spacial score (nSPS) is 25.5. The van der Waals surface area contributed by atoms with E-state index in [9.17, 15) is 4.79 Å². The summed E-state index contributed by atoms with van der Waals surface area (Å²) in [5, 5.41) is 9.07. The maximum atomic E-state index is 11.6. The Bertz CT molecular complexity index is 434. The molecule has 1 aromatic heterocycles. The summed E-state index contributed by atoms with van der Waals surface area (Å²) in [4.78, 5) is 15.3. The zero-order valence-electron chi connectivity index (χ0n) is 9.28. The number of aromatic nitrogens is 2. The standard InChI is InChI=1S/C10H15N3O4/c11-8-1-3-13(10(15)12-8)9-2-4-16-6-7(5-14)17-9/h1,3,7,9,14H,2,4-6H2,(H2,11,12,15). The Labute approximate surface area is 97.8 Å². The first-order valence-electron chi connectivity index (χ1n) is 5.39. The lowest BCUT2D eigenvalue weighted by Gasteiger charge is -2.20. The van der Waals surface area contributed by atoms with Crippen LogP contribution in [-0.2, 0) is 9.47 Å². The van der Waals surface area contributed by atoms with Gasteiger partial charge in [-0.2, -0.15) is 4.98 Å². The van der Waals surface area contributed by atoms with Gasteiger partial charge in [0.2, 0.25) is 0 Å². The van der Waals surface area contributed by atoms with Gasteiger partial charge in [0.25, 0.3) is 0 Å². The predicted molar refractivity (Wildman–Crippen MR) is 59.3 cm³/mol. The zero-order valence-corrected chi connectivity index (χ0v) is 9.28. The molecule has 0 bridgehead atoms. The predicted octanol–water partition coefficient (Wildman–Crippen LogP) is -0.878. The third-order valence-electron chi connectivity index (χ3n) is 2.53. The van der Waals surface area contributed by atoms with E-state index in [0.717, 1.165) is 0 Å². The molecule has 0 spiro atoms. The van der Waals surface area contributed by atoms with Gasteiger partial charge in [0.1, 0.15) is 18.1 Å². The number of anilines is 1. The fourth-order valence-corrected chi connectivity index (χ4v) is 1.67. The van der Waals surface area contributed by atoms with Gasteiger partial charge in [0.15, 0.2) is 0 Å². The number of hydrogen-bond acceptors (Lipinski definition) is 6. The number of hydrogen-bond donors (Lipinski definition) is 2. The molecule has 0 radical (unpaired) electrons. The van der Waals surface area contributed by atoms with Crippen LogP contribution in [0.5, 0.6) is 0 Å². The third-order valence-corrected chi connectivity index (χ3v) is 2.53. The summed E-state index contributed by atoms with van der Waals surface area (Å²) in [5.74, 6) is 0.176. The molecule has 2 heterocycles. The molecule has 1 aromatic rings. The number of nitrogens with two attached hydrogens (primary N) is 1. The molecular weight excluding hydrogens is 226 g/mol. The Morgan fingerprint density at radius 3 is 3.18 bits per heavy atom.